The number of rotatable bonds is 5. The van der Waals surface area contributed by atoms with E-state index < -0.39 is 6.09 Å². The van der Waals surface area contributed by atoms with Crippen LogP contribution in [0, 0.1) is 0 Å². The number of ether oxygens (including phenoxy) is 1. The fraction of sp³-hybridized carbons (Fsp3) is 0.136. The fourth-order valence-corrected chi connectivity index (χ4v) is 3.11. The number of pyridine rings is 2. The summed E-state index contributed by atoms with van der Waals surface area (Å²) in [5.41, 5.74) is 2.83. The zero-order valence-corrected chi connectivity index (χ0v) is 15.7. The van der Waals surface area contributed by atoms with Gasteiger partial charge >= 0.3 is 6.09 Å². The molecule has 7 nitrogen and oxygen atoms in total. The molecule has 0 bridgehead atoms. The van der Waals surface area contributed by atoms with Gasteiger partial charge in [0.2, 0.25) is 5.88 Å². The summed E-state index contributed by atoms with van der Waals surface area (Å²) in [6.45, 7) is 0.830. The summed E-state index contributed by atoms with van der Waals surface area (Å²) in [7, 11) is 0. The van der Waals surface area contributed by atoms with E-state index in [1.54, 1.807) is 12.4 Å². The maximum atomic E-state index is 11.1. The average molecular weight is 388 g/mol. The highest BCUT2D eigenvalue weighted by Crippen LogP contribution is 2.32. The molecule has 3 heterocycles. The molecule has 0 saturated heterocycles. The summed E-state index contributed by atoms with van der Waals surface area (Å²) >= 11 is 0. The molecule has 29 heavy (non-hydrogen) atoms. The Balaban J connectivity index is 1.48. The Morgan fingerprint density at radius 2 is 1.86 bits per heavy atom. The Bertz CT molecular complexity index is 1020. The SMILES string of the molecule is O=C(O)N1CC=C(c2cccnc2Oc2ccc(Nc3ccccn3)cc2)CC1. The molecule has 0 aliphatic carbocycles. The summed E-state index contributed by atoms with van der Waals surface area (Å²) in [5, 5.41) is 12.3. The molecule has 0 radical (unpaired) electrons. The molecule has 0 unspecified atom stereocenters. The number of anilines is 2. The quantitative estimate of drug-likeness (QED) is 0.654. The molecule has 146 valence electrons. The molecule has 1 aromatic carbocycles. The molecule has 1 aliphatic heterocycles. The van der Waals surface area contributed by atoms with Crippen LogP contribution >= 0.6 is 0 Å². The van der Waals surface area contributed by atoms with E-state index in [0.29, 0.717) is 31.1 Å². The second-order valence-electron chi connectivity index (χ2n) is 6.53. The van der Waals surface area contributed by atoms with E-state index in [1.165, 1.54) is 4.90 Å². The topological polar surface area (TPSA) is 87.6 Å². The van der Waals surface area contributed by atoms with Crippen molar-refractivity contribution >= 4 is 23.2 Å². The van der Waals surface area contributed by atoms with Crippen LogP contribution in [0.25, 0.3) is 5.57 Å². The number of carbonyl (C=O) groups is 1. The van der Waals surface area contributed by atoms with E-state index >= 15 is 0 Å². The summed E-state index contributed by atoms with van der Waals surface area (Å²) in [4.78, 5) is 21.1. The van der Waals surface area contributed by atoms with E-state index in [2.05, 4.69) is 15.3 Å². The first kappa shape index (κ1) is 18.5. The van der Waals surface area contributed by atoms with E-state index in [0.717, 1.165) is 22.6 Å². The van der Waals surface area contributed by atoms with Crippen LogP contribution in [0.2, 0.25) is 0 Å². The van der Waals surface area contributed by atoms with Gasteiger partial charge in [-0.05, 0) is 60.5 Å². The maximum Gasteiger partial charge on any atom is 0.407 e. The number of hydrogen-bond donors (Lipinski definition) is 2. The number of amides is 1. The van der Waals surface area contributed by atoms with Crippen molar-refractivity contribution in [3.8, 4) is 11.6 Å². The van der Waals surface area contributed by atoms with Crippen LogP contribution in [0.15, 0.2) is 73.1 Å². The summed E-state index contributed by atoms with van der Waals surface area (Å²) in [6.07, 6.45) is 5.06. The minimum atomic E-state index is -0.901. The van der Waals surface area contributed by atoms with E-state index in [9.17, 15) is 4.79 Å². The van der Waals surface area contributed by atoms with E-state index in [4.69, 9.17) is 9.84 Å². The van der Waals surface area contributed by atoms with Crippen molar-refractivity contribution < 1.29 is 14.6 Å². The van der Waals surface area contributed by atoms with Gasteiger partial charge in [-0.1, -0.05) is 12.1 Å². The highest BCUT2D eigenvalue weighted by atomic mass is 16.5. The Morgan fingerprint density at radius 1 is 1.03 bits per heavy atom. The number of benzene rings is 1. The molecule has 1 aliphatic rings. The van der Waals surface area contributed by atoms with Gasteiger partial charge in [0.15, 0.2) is 0 Å². The van der Waals surface area contributed by atoms with Crippen LogP contribution in [0.3, 0.4) is 0 Å². The van der Waals surface area contributed by atoms with Crippen molar-refractivity contribution in [2.24, 2.45) is 0 Å². The van der Waals surface area contributed by atoms with Crippen molar-refractivity contribution in [3.05, 3.63) is 78.6 Å². The first-order chi connectivity index (χ1) is 14.2. The monoisotopic (exact) mass is 388 g/mol. The predicted octanol–water partition coefficient (Wildman–Crippen LogP) is 4.78. The Morgan fingerprint density at radius 3 is 2.55 bits per heavy atom. The molecule has 0 fully saturated rings. The number of carboxylic acid groups (broad SMARTS) is 1. The van der Waals surface area contributed by atoms with Gasteiger partial charge < -0.3 is 20.1 Å². The molecule has 2 N–H and O–H groups in total. The number of aromatic nitrogens is 2. The molecule has 4 rings (SSSR count). The Labute approximate surface area is 168 Å². The maximum absolute atomic E-state index is 11.1. The lowest BCUT2D eigenvalue weighted by Gasteiger charge is -2.24. The third-order valence-corrected chi connectivity index (χ3v) is 4.60. The highest BCUT2D eigenvalue weighted by Gasteiger charge is 2.19. The third-order valence-electron chi connectivity index (χ3n) is 4.60. The molecule has 0 atom stereocenters. The molecule has 0 saturated carbocycles. The van der Waals surface area contributed by atoms with Gasteiger partial charge in [0.05, 0.1) is 0 Å². The van der Waals surface area contributed by atoms with Crippen molar-refractivity contribution in [3.63, 3.8) is 0 Å². The van der Waals surface area contributed by atoms with Crippen LogP contribution < -0.4 is 10.1 Å². The van der Waals surface area contributed by atoms with E-state index in [1.807, 2.05) is 60.7 Å². The number of nitrogens with one attached hydrogen (secondary N) is 1. The second kappa shape index (κ2) is 8.43. The van der Waals surface area contributed by atoms with Gasteiger partial charge in [0.1, 0.15) is 11.6 Å². The Hall–Kier alpha value is -3.87. The lowest BCUT2D eigenvalue weighted by Crippen LogP contribution is -2.33. The van der Waals surface area contributed by atoms with Gasteiger partial charge in [-0.25, -0.2) is 14.8 Å². The largest absolute Gasteiger partial charge is 0.465 e. The highest BCUT2D eigenvalue weighted by molar-refractivity contribution is 5.73. The zero-order valence-electron chi connectivity index (χ0n) is 15.7. The smallest absolute Gasteiger partial charge is 0.407 e. The summed E-state index contributed by atoms with van der Waals surface area (Å²) < 4.78 is 6.02. The van der Waals surface area contributed by atoms with Crippen LogP contribution in [0.1, 0.15) is 12.0 Å². The van der Waals surface area contributed by atoms with Crippen molar-refractivity contribution in [1.29, 1.82) is 0 Å². The van der Waals surface area contributed by atoms with Crippen molar-refractivity contribution in [2.75, 3.05) is 18.4 Å². The van der Waals surface area contributed by atoms with Crippen LogP contribution in [0.4, 0.5) is 16.3 Å². The first-order valence-electron chi connectivity index (χ1n) is 9.27. The van der Waals surface area contributed by atoms with Gasteiger partial charge in [0.25, 0.3) is 0 Å². The molecular formula is C22H20N4O3. The lowest BCUT2D eigenvalue weighted by atomic mass is 10.0. The van der Waals surface area contributed by atoms with Crippen molar-refractivity contribution in [1.82, 2.24) is 14.9 Å². The molecule has 2 aromatic heterocycles. The first-order valence-corrected chi connectivity index (χ1v) is 9.27. The Kier molecular flexibility index (Phi) is 5.38. The zero-order chi connectivity index (χ0) is 20.1. The minimum absolute atomic E-state index is 0.368. The van der Waals surface area contributed by atoms with Crippen LogP contribution in [-0.4, -0.2) is 39.2 Å². The molecule has 3 aromatic rings. The van der Waals surface area contributed by atoms with Gasteiger partial charge in [-0.2, -0.15) is 0 Å². The van der Waals surface area contributed by atoms with E-state index in [-0.39, 0.29) is 0 Å². The van der Waals surface area contributed by atoms with Crippen LogP contribution in [-0.2, 0) is 0 Å². The normalized spacial score (nSPS) is 13.5. The molecule has 0 spiro atoms. The molecule has 7 heteroatoms. The predicted molar refractivity (Wildman–Crippen MR) is 110 cm³/mol. The number of hydrogen-bond acceptors (Lipinski definition) is 5. The number of nitrogens with zero attached hydrogens (tertiary/aromatic N) is 3. The lowest BCUT2D eigenvalue weighted by molar-refractivity contribution is 0.150. The third kappa shape index (κ3) is 4.52. The summed E-state index contributed by atoms with van der Waals surface area (Å²) in [6, 6.07) is 17.0. The average Bonchev–Trinajstić information content (AvgIpc) is 2.76. The van der Waals surface area contributed by atoms with Gasteiger partial charge in [0, 0.05) is 36.7 Å². The summed E-state index contributed by atoms with van der Waals surface area (Å²) in [5.74, 6) is 1.95. The van der Waals surface area contributed by atoms with Crippen molar-refractivity contribution in [2.45, 2.75) is 6.42 Å². The van der Waals surface area contributed by atoms with Crippen LogP contribution in [0.5, 0.6) is 11.6 Å². The molecule has 1 amide bonds. The van der Waals surface area contributed by atoms with Gasteiger partial charge in [-0.3, -0.25) is 0 Å². The standard InChI is InChI=1S/C22H20N4O3/c27-22(28)26-14-10-16(11-15-26)19-4-3-13-24-21(19)29-18-8-6-17(7-9-18)25-20-5-1-2-12-23-20/h1-10,12-13H,11,14-15H2,(H,23,25)(H,27,28). The second-order valence-corrected chi connectivity index (χ2v) is 6.53. The minimum Gasteiger partial charge on any atom is -0.465 e. The fourth-order valence-electron chi connectivity index (χ4n) is 3.11. The van der Waals surface area contributed by atoms with Gasteiger partial charge in [-0.15, -0.1) is 0 Å². The molecular weight excluding hydrogens is 368 g/mol.